The van der Waals surface area contributed by atoms with E-state index in [0.717, 1.165) is 6.54 Å². The van der Waals surface area contributed by atoms with Crippen LogP contribution in [0.5, 0.6) is 0 Å². The molecule has 2 heterocycles. The third-order valence-electron chi connectivity index (χ3n) is 3.30. The van der Waals surface area contributed by atoms with Crippen molar-refractivity contribution in [3.63, 3.8) is 0 Å². The smallest absolute Gasteiger partial charge is 0.311 e. The molecule has 2 atom stereocenters. The number of carboxylic acids is 1. The Morgan fingerprint density at radius 2 is 2.36 bits per heavy atom. The van der Waals surface area contributed by atoms with E-state index in [-0.39, 0.29) is 18.3 Å². The molecule has 2 fully saturated rings. The van der Waals surface area contributed by atoms with Crippen LogP contribution in [0, 0.1) is 11.3 Å². The fraction of sp³-hybridized carbons (Fsp3) is 0.889. The first-order chi connectivity index (χ1) is 6.15. The fourth-order valence-electron chi connectivity index (χ4n) is 2.55. The molecular weight excluding hydrogens is 206 g/mol. The van der Waals surface area contributed by atoms with Gasteiger partial charge in [-0.1, -0.05) is 0 Å². The van der Waals surface area contributed by atoms with Crippen molar-refractivity contribution in [2.24, 2.45) is 11.3 Å². The van der Waals surface area contributed by atoms with Gasteiger partial charge in [0.2, 0.25) is 0 Å². The predicted molar refractivity (Wildman–Crippen MR) is 53.7 cm³/mol. The summed E-state index contributed by atoms with van der Waals surface area (Å²) < 4.78 is 5.32. The normalized spacial score (nSPS) is 37.4. The number of carboxylic acid groups (broad SMARTS) is 1. The number of rotatable bonds is 1. The molecule has 2 saturated heterocycles. The van der Waals surface area contributed by atoms with Crippen LogP contribution in [0.2, 0.25) is 0 Å². The van der Waals surface area contributed by atoms with Crippen LogP contribution in [-0.2, 0) is 9.53 Å². The van der Waals surface area contributed by atoms with Gasteiger partial charge in [-0.3, -0.25) is 4.79 Å². The molecule has 2 rings (SSSR count). The van der Waals surface area contributed by atoms with E-state index >= 15 is 0 Å². The lowest BCUT2D eigenvalue weighted by Gasteiger charge is -2.34. The van der Waals surface area contributed by atoms with E-state index in [1.54, 1.807) is 0 Å². The molecule has 82 valence electrons. The summed E-state index contributed by atoms with van der Waals surface area (Å²) in [5.41, 5.74) is -0.521. The van der Waals surface area contributed by atoms with Crippen LogP contribution in [0.25, 0.3) is 0 Å². The van der Waals surface area contributed by atoms with Crippen molar-refractivity contribution in [2.75, 3.05) is 33.4 Å². The Morgan fingerprint density at radius 3 is 2.93 bits per heavy atom. The van der Waals surface area contributed by atoms with Crippen LogP contribution in [0.1, 0.15) is 6.42 Å². The molecule has 2 aliphatic rings. The van der Waals surface area contributed by atoms with E-state index in [1.165, 1.54) is 0 Å². The third-order valence-corrected chi connectivity index (χ3v) is 3.30. The van der Waals surface area contributed by atoms with E-state index in [2.05, 4.69) is 4.90 Å². The van der Waals surface area contributed by atoms with Gasteiger partial charge >= 0.3 is 5.97 Å². The Hall–Kier alpha value is -0.320. The van der Waals surface area contributed by atoms with Crippen molar-refractivity contribution in [1.29, 1.82) is 0 Å². The number of hydrogen-bond donors (Lipinski definition) is 1. The van der Waals surface area contributed by atoms with E-state index in [1.807, 2.05) is 7.05 Å². The van der Waals surface area contributed by atoms with Gasteiger partial charge in [0.25, 0.3) is 0 Å². The van der Waals surface area contributed by atoms with Gasteiger partial charge < -0.3 is 14.7 Å². The second-order valence-electron chi connectivity index (χ2n) is 4.18. The maximum Gasteiger partial charge on any atom is 0.311 e. The van der Waals surface area contributed by atoms with Crippen molar-refractivity contribution < 1.29 is 14.6 Å². The molecule has 0 aliphatic carbocycles. The molecular formula is C9H16ClNO3. The van der Waals surface area contributed by atoms with Crippen LogP contribution in [0.15, 0.2) is 0 Å². The van der Waals surface area contributed by atoms with Gasteiger partial charge in [0.1, 0.15) is 0 Å². The highest BCUT2D eigenvalue weighted by molar-refractivity contribution is 5.85. The minimum atomic E-state index is -0.648. The van der Waals surface area contributed by atoms with Crippen molar-refractivity contribution in [1.82, 2.24) is 4.90 Å². The molecule has 4 nitrogen and oxygen atoms in total. The van der Waals surface area contributed by atoms with Crippen LogP contribution < -0.4 is 0 Å². The van der Waals surface area contributed by atoms with E-state index in [0.29, 0.717) is 26.2 Å². The number of carbonyl (C=O) groups is 1. The molecule has 2 aliphatic heterocycles. The van der Waals surface area contributed by atoms with Gasteiger partial charge in [0.05, 0.1) is 12.0 Å². The number of fused-ring (bicyclic) bond motifs is 1. The Morgan fingerprint density at radius 1 is 1.64 bits per heavy atom. The van der Waals surface area contributed by atoms with Gasteiger partial charge in [0, 0.05) is 25.6 Å². The minimum Gasteiger partial charge on any atom is -0.481 e. The highest BCUT2D eigenvalue weighted by Crippen LogP contribution is 2.41. The molecule has 0 aromatic heterocycles. The number of likely N-dealkylation sites (tertiary alicyclic amines) is 1. The van der Waals surface area contributed by atoms with Gasteiger partial charge in [0.15, 0.2) is 0 Å². The molecule has 0 amide bonds. The van der Waals surface area contributed by atoms with Crippen LogP contribution in [-0.4, -0.2) is 49.3 Å². The van der Waals surface area contributed by atoms with E-state index < -0.39 is 11.4 Å². The second-order valence-corrected chi connectivity index (χ2v) is 4.18. The third kappa shape index (κ3) is 1.62. The zero-order valence-electron chi connectivity index (χ0n) is 8.23. The molecule has 0 aromatic carbocycles. The van der Waals surface area contributed by atoms with Crippen molar-refractivity contribution in [3.05, 3.63) is 0 Å². The van der Waals surface area contributed by atoms with Gasteiger partial charge in [-0.15, -0.1) is 12.4 Å². The molecule has 0 bridgehead atoms. The SMILES string of the molecule is CN1CC2COCCC2(C(=O)O)C1.Cl. The number of nitrogens with zero attached hydrogens (tertiary/aromatic N) is 1. The molecule has 0 saturated carbocycles. The first kappa shape index (κ1) is 11.8. The zero-order chi connectivity index (χ0) is 9.47. The fourth-order valence-corrected chi connectivity index (χ4v) is 2.55. The van der Waals surface area contributed by atoms with Crippen molar-refractivity contribution in [2.45, 2.75) is 6.42 Å². The highest BCUT2D eigenvalue weighted by atomic mass is 35.5. The topological polar surface area (TPSA) is 49.8 Å². The Labute approximate surface area is 89.6 Å². The molecule has 2 unspecified atom stereocenters. The average molecular weight is 222 g/mol. The van der Waals surface area contributed by atoms with Crippen molar-refractivity contribution >= 4 is 18.4 Å². The summed E-state index contributed by atoms with van der Waals surface area (Å²) in [6.45, 7) is 2.73. The Balaban J connectivity index is 0.000000980. The molecule has 0 spiro atoms. The first-order valence-electron chi connectivity index (χ1n) is 4.65. The molecule has 0 radical (unpaired) electrons. The quantitative estimate of drug-likeness (QED) is 0.699. The number of aliphatic carboxylic acids is 1. The average Bonchev–Trinajstić information content (AvgIpc) is 2.41. The summed E-state index contributed by atoms with van der Waals surface area (Å²) >= 11 is 0. The van der Waals surface area contributed by atoms with E-state index in [9.17, 15) is 9.90 Å². The summed E-state index contributed by atoms with van der Waals surface area (Å²) in [7, 11) is 1.98. The Bertz CT molecular complexity index is 236. The molecule has 0 aromatic rings. The summed E-state index contributed by atoms with van der Waals surface area (Å²) in [5, 5.41) is 9.23. The maximum absolute atomic E-state index is 11.2. The standard InChI is InChI=1S/C9H15NO3.ClH/c1-10-4-7-5-13-3-2-9(7,6-10)8(11)12;/h7H,2-6H2,1H3,(H,11,12);1H. The number of ether oxygens (including phenoxy) is 1. The lowest BCUT2D eigenvalue weighted by Crippen LogP contribution is -2.44. The summed E-state index contributed by atoms with van der Waals surface area (Å²) in [5.74, 6) is -0.464. The van der Waals surface area contributed by atoms with Gasteiger partial charge in [-0.05, 0) is 13.5 Å². The van der Waals surface area contributed by atoms with Gasteiger partial charge in [-0.2, -0.15) is 0 Å². The highest BCUT2D eigenvalue weighted by Gasteiger charge is 2.52. The van der Waals surface area contributed by atoms with Crippen LogP contribution >= 0.6 is 12.4 Å². The zero-order valence-corrected chi connectivity index (χ0v) is 9.05. The molecule has 14 heavy (non-hydrogen) atoms. The largest absolute Gasteiger partial charge is 0.481 e. The minimum absolute atomic E-state index is 0. The monoisotopic (exact) mass is 221 g/mol. The van der Waals surface area contributed by atoms with E-state index in [4.69, 9.17) is 4.74 Å². The lowest BCUT2D eigenvalue weighted by atomic mass is 9.74. The van der Waals surface area contributed by atoms with Crippen LogP contribution in [0.3, 0.4) is 0 Å². The summed E-state index contributed by atoms with van der Waals surface area (Å²) in [4.78, 5) is 13.3. The Kier molecular flexibility index (Phi) is 3.40. The van der Waals surface area contributed by atoms with Crippen LogP contribution in [0.4, 0.5) is 0 Å². The van der Waals surface area contributed by atoms with Crippen molar-refractivity contribution in [3.8, 4) is 0 Å². The predicted octanol–water partition coefficient (Wildman–Crippen LogP) is 0.461. The number of halogens is 1. The first-order valence-corrected chi connectivity index (χ1v) is 4.65. The summed E-state index contributed by atoms with van der Waals surface area (Å²) in [6, 6.07) is 0. The maximum atomic E-state index is 11.2. The molecule has 5 heteroatoms. The molecule has 1 N–H and O–H groups in total. The second kappa shape index (κ2) is 4.04. The lowest BCUT2D eigenvalue weighted by molar-refractivity contribution is -0.157. The number of hydrogen-bond acceptors (Lipinski definition) is 3. The summed E-state index contributed by atoms with van der Waals surface area (Å²) in [6.07, 6.45) is 0.664. The van der Waals surface area contributed by atoms with Gasteiger partial charge in [-0.25, -0.2) is 0 Å².